The molecule has 2 amide bonds. The molecule has 2 atom stereocenters. The summed E-state index contributed by atoms with van der Waals surface area (Å²) in [7, 11) is 1.36. The van der Waals surface area contributed by atoms with E-state index < -0.39 is 5.54 Å². The maximum Gasteiger partial charge on any atom is 0.307 e. The van der Waals surface area contributed by atoms with Crippen LogP contribution in [0.25, 0.3) is 0 Å². The zero-order valence-electron chi connectivity index (χ0n) is 16.4. The number of methoxy groups -OCH3 is 1. The van der Waals surface area contributed by atoms with Crippen LogP contribution >= 0.6 is 0 Å². The van der Waals surface area contributed by atoms with E-state index in [9.17, 15) is 14.4 Å². The van der Waals surface area contributed by atoms with Crippen molar-refractivity contribution in [3.05, 3.63) is 0 Å². The van der Waals surface area contributed by atoms with Crippen LogP contribution in [0.1, 0.15) is 32.6 Å². The predicted octanol–water partition coefficient (Wildman–Crippen LogP) is 0.0151. The Morgan fingerprint density at radius 3 is 2.59 bits per heavy atom. The third-order valence-corrected chi connectivity index (χ3v) is 6.00. The molecule has 1 saturated carbocycles. The zero-order chi connectivity index (χ0) is 19.4. The molecule has 0 bridgehead atoms. The Morgan fingerprint density at radius 1 is 1.26 bits per heavy atom. The molecular formula is C19H31N3O5. The molecule has 3 aliphatic rings. The van der Waals surface area contributed by atoms with Gasteiger partial charge in [0.2, 0.25) is 11.8 Å². The topological polar surface area (TPSA) is 88.2 Å². The molecule has 3 rings (SSSR count). The minimum absolute atomic E-state index is 0.0319. The molecule has 2 saturated heterocycles. The SMILES string of the molecule is COC(=O)CC(C)(NC(=O)C1CC(=O)N(CCN2CCOCC2)C1)C1CC1. The predicted molar refractivity (Wildman–Crippen MR) is 97.9 cm³/mol. The van der Waals surface area contributed by atoms with Gasteiger partial charge in [0.1, 0.15) is 0 Å². The number of nitrogens with one attached hydrogen (secondary N) is 1. The third kappa shape index (κ3) is 5.19. The number of carbonyl (C=O) groups is 3. The highest BCUT2D eigenvalue weighted by molar-refractivity contribution is 5.90. The van der Waals surface area contributed by atoms with Crippen LogP contribution in [0.2, 0.25) is 0 Å². The van der Waals surface area contributed by atoms with Gasteiger partial charge in [0, 0.05) is 39.1 Å². The molecule has 0 aromatic carbocycles. The molecule has 2 aliphatic heterocycles. The average Bonchev–Trinajstić information content (AvgIpc) is 3.45. The number of morpholine rings is 1. The molecule has 0 aromatic heterocycles. The van der Waals surface area contributed by atoms with Crippen LogP contribution in [0, 0.1) is 11.8 Å². The van der Waals surface area contributed by atoms with Crippen LogP contribution < -0.4 is 5.32 Å². The zero-order valence-corrected chi connectivity index (χ0v) is 16.4. The lowest BCUT2D eigenvalue weighted by atomic mass is 9.90. The number of ether oxygens (including phenoxy) is 2. The Kier molecular flexibility index (Phi) is 6.37. The molecule has 1 N–H and O–H groups in total. The largest absolute Gasteiger partial charge is 0.469 e. The first kappa shape index (κ1) is 20.1. The minimum atomic E-state index is -0.589. The van der Waals surface area contributed by atoms with E-state index in [0.717, 1.165) is 45.7 Å². The standard InChI is InChI=1S/C19H31N3O5/c1-19(15-3-4-15,12-17(24)26-2)20-18(25)14-11-16(23)22(13-14)6-5-21-7-9-27-10-8-21/h14-15H,3-13H2,1-2H3,(H,20,25). The van der Waals surface area contributed by atoms with Crippen LogP contribution in [0.15, 0.2) is 0 Å². The van der Waals surface area contributed by atoms with Gasteiger partial charge in [-0.05, 0) is 25.7 Å². The van der Waals surface area contributed by atoms with Gasteiger partial charge in [0.15, 0.2) is 0 Å². The van der Waals surface area contributed by atoms with Gasteiger partial charge >= 0.3 is 5.97 Å². The monoisotopic (exact) mass is 381 g/mol. The molecule has 0 radical (unpaired) electrons. The van der Waals surface area contributed by atoms with Gasteiger partial charge in [-0.2, -0.15) is 0 Å². The average molecular weight is 381 g/mol. The van der Waals surface area contributed by atoms with E-state index in [1.807, 2.05) is 6.92 Å². The van der Waals surface area contributed by atoms with Crippen molar-refractivity contribution in [2.75, 3.05) is 53.0 Å². The summed E-state index contributed by atoms with van der Waals surface area (Å²) in [5.74, 6) is -0.465. The quantitative estimate of drug-likeness (QED) is 0.596. The van der Waals surface area contributed by atoms with Gasteiger partial charge in [0.05, 0.1) is 38.2 Å². The van der Waals surface area contributed by atoms with Crippen molar-refractivity contribution < 1.29 is 23.9 Å². The summed E-state index contributed by atoms with van der Waals surface area (Å²) >= 11 is 0. The van der Waals surface area contributed by atoms with Gasteiger partial charge in [-0.3, -0.25) is 19.3 Å². The summed E-state index contributed by atoms with van der Waals surface area (Å²) in [4.78, 5) is 40.9. The van der Waals surface area contributed by atoms with Crippen LogP contribution in [0.4, 0.5) is 0 Å². The highest BCUT2D eigenvalue weighted by Gasteiger charge is 2.46. The summed E-state index contributed by atoms with van der Waals surface area (Å²) in [6, 6.07) is 0. The highest BCUT2D eigenvalue weighted by Crippen LogP contribution is 2.42. The molecule has 1 aliphatic carbocycles. The van der Waals surface area contributed by atoms with E-state index in [0.29, 0.717) is 19.0 Å². The lowest BCUT2D eigenvalue weighted by Crippen LogP contribution is -2.51. The number of likely N-dealkylation sites (tertiary alicyclic amines) is 1. The molecule has 152 valence electrons. The van der Waals surface area contributed by atoms with Gasteiger partial charge in [-0.1, -0.05) is 0 Å². The maximum absolute atomic E-state index is 12.8. The molecule has 0 spiro atoms. The summed E-state index contributed by atoms with van der Waals surface area (Å²) in [5.41, 5.74) is -0.589. The van der Waals surface area contributed by atoms with Gasteiger partial charge < -0.3 is 19.7 Å². The number of esters is 1. The fourth-order valence-electron chi connectivity index (χ4n) is 4.02. The smallest absolute Gasteiger partial charge is 0.307 e. The van der Waals surface area contributed by atoms with E-state index in [2.05, 4.69) is 10.2 Å². The molecule has 0 aromatic rings. The molecule has 8 heteroatoms. The van der Waals surface area contributed by atoms with Crippen LogP contribution in [-0.2, 0) is 23.9 Å². The number of hydrogen-bond donors (Lipinski definition) is 1. The number of carbonyl (C=O) groups excluding carboxylic acids is 3. The number of rotatable bonds is 8. The van der Waals surface area contributed by atoms with Crippen LogP contribution in [0.3, 0.4) is 0 Å². The van der Waals surface area contributed by atoms with Crippen molar-refractivity contribution in [1.82, 2.24) is 15.1 Å². The Labute approximate surface area is 160 Å². The Morgan fingerprint density at radius 2 is 1.96 bits per heavy atom. The highest BCUT2D eigenvalue weighted by atomic mass is 16.5. The van der Waals surface area contributed by atoms with Gasteiger partial charge in [0.25, 0.3) is 0 Å². The van der Waals surface area contributed by atoms with E-state index in [1.165, 1.54) is 7.11 Å². The van der Waals surface area contributed by atoms with Gasteiger partial charge in [-0.25, -0.2) is 0 Å². The Balaban J connectivity index is 1.50. The lowest BCUT2D eigenvalue weighted by molar-refractivity contribution is -0.143. The summed E-state index contributed by atoms with van der Waals surface area (Å²) in [6.45, 7) is 7.06. The minimum Gasteiger partial charge on any atom is -0.469 e. The van der Waals surface area contributed by atoms with E-state index >= 15 is 0 Å². The maximum atomic E-state index is 12.8. The number of amides is 2. The van der Waals surface area contributed by atoms with Crippen molar-refractivity contribution in [2.24, 2.45) is 11.8 Å². The second kappa shape index (κ2) is 8.56. The molecule has 2 heterocycles. The van der Waals surface area contributed by atoms with Crippen molar-refractivity contribution in [1.29, 1.82) is 0 Å². The first-order chi connectivity index (χ1) is 12.9. The normalized spacial score (nSPS) is 25.9. The number of nitrogens with zero attached hydrogens (tertiary/aromatic N) is 2. The fraction of sp³-hybridized carbons (Fsp3) is 0.842. The molecule has 2 unspecified atom stereocenters. The summed E-state index contributed by atoms with van der Waals surface area (Å²) in [6.07, 6.45) is 2.42. The lowest BCUT2D eigenvalue weighted by Gasteiger charge is -2.31. The first-order valence-electron chi connectivity index (χ1n) is 9.88. The second-order valence-electron chi connectivity index (χ2n) is 8.13. The molecule has 27 heavy (non-hydrogen) atoms. The molecule has 3 fully saturated rings. The van der Waals surface area contributed by atoms with Crippen molar-refractivity contribution in [2.45, 2.75) is 38.1 Å². The van der Waals surface area contributed by atoms with Crippen molar-refractivity contribution in [3.63, 3.8) is 0 Å². The van der Waals surface area contributed by atoms with E-state index in [1.54, 1.807) is 4.90 Å². The van der Waals surface area contributed by atoms with Gasteiger partial charge in [-0.15, -0.1) is 0 Å². The summed E-state index contributed by atoms with van der Waals surface area (Å²) in [5, 5.41) is 3.06. The molecule has 8 nitrogen and oxygen atoms in total. The summed E-state index contributed by atoms with van der Waals surface area (Å²) < 4.78 is 10.1. The Hall–Kier alpha value is -1.67. The van der Waals surface area contributed by atoms with Crippen LogP contribution in [0.5, 0.6) is 0 Å². The van der Waals surface area contributed by atoms with E-state index in [-0.39, 0.29) is 36.5 Å². The first-order valence-corrected chi connectivity index (χ1v) is 9.88. The van der Waals surface area contributed by atoms with E-state index in [4.69, 9.17) is 9.47 Å². The Bertz CT molecular complexity index is 574. The van der Waals surface area contributed by atoms with Crippen molar-refractivity contribution in [3.8, 4) is 0 Å². The second-order valence-corrected chi connectivity index (χ2v) is 8.13. The fourth-order valence-corrected chi connectivity index (χ4v) is 4.02. The number of hydrogen-bond acceptors (Lipinski definition) is 6. The van der Waals surface area contributed by atoms with Crippen LogP contribution in [-0.4, -0.2) is 86.2 Å². The molecular weight excluding hydrogens is 350 g/mol. The third-order valence-electron chi connectivity index (χ3n) is 6.00. The van der Waals surface area contributed by atoms with Crippen molar-refractivity contribution >= 4 is 17.8 Å².